The summed E-state index contributed by atoms with van der Waals surface area (Å²) >= 11 is 9.21. The third-order valence-electron chi connectivity index (χ3n) is 4.72. The summed E-state index contributed by atoms with van der Waals surface area (Å²) in [6, 6.07) is 9.52. The van der Waals surface area contributed by atoms with E-state index in [2.05, 4.69) is 15.9 Å². The molecule has 1 saturated heterocycles. The number of likely N-dealkylation sites (tertiary alicyclic amines) is 1. The predicted molar refractivity (Wildman–Crippen MR) is 99.8 cm³/mol. The maximum absolute atomic E-state index is 13.4. The Morgan fingerprint density at radius 1 is 1.26 bits per heavy atom. The Labute approximate surface area is 167 Å². The molecule has 8 heteroatoms. The van der Waals surface area contributed by atoms with E-state index in [1.165, 1.54) is 12.1 Å². The van der Waals surface area contributed by atoms with Crippen molar-refractivity contribution in [1.29, 1.82) is 0 Å². The minimum atomic E-state index is -4.59. The molecule has 0 amide bonds. The molecule has 3 rings (SSSR count). The maximum Gasteiger partial charge on any atom is 0.417 e. The lowest BCUT2D eigenvalue weighted by Crippen LogP contribution is -2.39. The van der Waals surface area contributed by atoms with Gasteiger partial charge in [0.15, 0.2) is 0 Å². The predicted octanol–water partition coefficient (Wildman–Crippen LogP) is 5.76. The summed E-state index contributed by atoms with van der Waals surface area (Å²) in [5.74, 6) is -0.977. The minimum absolute atomic E-state index is 0.353. The van der Waals surface area contributed by atoms with Crippen molar-refractivity contribution in [3.05, 3.63) is 68.7 Å². The van der Waals surface area contributed by atoms with Crippen molar-refractivity contribution < 1.29 is 23.1 Å². The van der Waals surface area contributed by atoms with Crippen LogP contribution in [0.5, 0.6) is 0 Å². The van der Waals surface area contributed by atoms with E-state index in [-0.39, 0.29) is 5.02 Å². The Morgan fingerprint density at radius 2 is 1.96 bits per heavy atom. The van der Waals surface area contributed by atoms with E-state index in [9.17, 15) is 23.1 Å². The molecule has 1 aliphatic heterocycles. The molecule has 144 valence electrons. The van der Waals surface area contributed by atoms with Crippen LogP contribution in [0.25, 0.3) is 0 Å². The van der Waals surface area contributed by atoms with Crippen LogP contribution in [0.2, 0.25) is 5.02 Å². The molecular weight excluding hydrogens is 447 g/mol. The van der Waals surface area contributed by atoms with E-state index in [1.54, 1.807) is 29.2 Å². The summed E-state index contributed by atoms with van der Waals surface area (Å²) < 4.78 is 40.8. The summed E-state index contributed by atoms with van der Waals surface area (Å²) in [7, 11) is 0. The first-order valence-electron chi connectivity index (χ1n) is 8.29. The molecule has 3 nitrogen and oxygen atoms in total. The molecule has 27 heavy (non-hydrogen) atoms. The fourth-order valence-electron chi connectivity index (χ4n) is 3.54. The Balaban J connectivity index is 2.17. The molecule has 2 atom stereocenters. The number of aliphatic carboxylic acids is 1. The van der Waals surface area contributed by atoms with Gasteiger partial charge in [0.25, 0.3) is 0 Å². The number of carboxylic acid groups (broad SMARTS) is 1. The summed E-state index contributed by atoms with van der Waals surface area (Å²) in [5, 5.41) is 9.19. The van der Waals surface area contributed by atoms with Gasteiger partial charge >= 0.3 is 12.1 Å². The van der Waals surface area contributed by atoms with Gasteiger partial charge < -0.3 is 5.11 Å². The third-order valence-corrected chi connectivity index (χ3v) is 5.77. The molecule has 1 fully saturated rings. The average molecular weight is 463 g/mol. The number of benzene rings is 2. The monoisotopic (exact) mass is 461 g/mol. The molecule has 1 N–H and O–H groups in total. The topological polar surface area (TPSA) is 40.5 Å². The van der Waals surface area contributed by atoms with Crippen LogP contribution in [-0.4, -0.2) is 28.6 Å². The quantitative estimate of drug-likeness (QED) is 0.628. The van der Waals surface area contributed by atoms with Crippen LogP contribution in [0.3, 0.4) is 0 Å². The van der Waals surface area contributed by atoms with Crippen LogP contribution < -0.4 is 0 Å². The molecule has 0 aliphatic carbocycles. The number of alkyl halides is 3. The second-order valence-electron chi connectivity index (χ2n) is 6.40. The van der Waals surface area contributed by atoms with Gasteiger partial charge in [-0.05, 0) is 42.2 Å². The van der Waals surface area contributed by atoms with Crippen molar-refractivity contribution in [1.82, 2.24) is 4.90 Å². The zero-order chi connectivity index (χ0) is 19.8. The van der Waals surface area contributed by atoms with Crippen molar-refractivity contribution in [3.63, 3.8) is 0 Å². The van der Waals surface area contributed by atoms with E-state index in [1.807, 2.05) is 0 Å². The Morgan fingerprint density at radius 3 is 2.59 bits per heavy atom. The van der Waals surface area contributed by atoms with Gasteiger partial charge in [-0.2, -0.15) is 13.2 Å². The summed E-state index contributed by atoms with van der Waals surface area (Å²) in [5.41, 5.74) is 0.137. The van der Waals surface area contributed by atoms with Crippen molar-refractivity contribution in [3.8, 4) is 0 Å². The Kier molecular flexibility index (Phi) is 5.84. The molecule has 0 aromatic heterocycles. The van der Waals surface area contributed by atoms with Gasteiger partial charge in [-0.15, -0.1) is 0 Å². The standard InChI is InChI=1S/C19H16BrClF3NO2/c20-14-5-2-1-4-12(14)17(25-9-3-6-16(25)18(26)27)11-7-8-15(21)13(10-11)19(22,23)24/h1-2,4-5,7-8,10,16-17H,3,6,9H2,(H,26,27). The summed E-state index contributed by atoms with van der Waals surface area (Å²) in [4.78, 5) is 13.4. The van der Waals surface area contributed by atoms with Gasteiger partial charge in [-0.25, -0.2) is 0 Å². The van der Waals surface area contributed by atoms with Gasteiger partial charge in [0.2, 0.25) is 0 Å². The van der Waals surface area contributed by atoms with Crippen LogP contribution in [0.4, 0.5) is 13.2 Å². The molecule has 0 spiro atoms. The van der Waals surface area contributed by atoms with E-state index >= 15 is 0 Å². The summed E-state index contributed by atoms with van der Waals surface area (Å²) in [6.45, 7) is 0.479. The van der Waals surface area contributed by atoms with Gasteiger partial charge in [0.05, 0.1) is 16.6 Å². The fourth-order valence-corrected chi connectivity index (χ4v) is 4.27. The highest BCUT2D eigenvalue weighted by Gasteiger charge is 2.39. The second-order valence-corrected chi connectivity index (χ2v) is 7.66. The molecule has 2 aromatic carbocycles. The minimum Gasteiger partial charge on any atom is -0.480 e. The fraction of sp³-hybridized carbons (Fsp3) is 0.316. The Hall–Kier alpha value is -1.57. The number of hydrogen-bond donors (Lipinski definition) is 1. The number of halogens is 5. The lowest BCUT2D eigenvalue weighted by atomic mass is 9.94. The molecule has 1 heterocycles. The highest BCUT2D eigenvalue weighted by atomic mass is 79.9. The molecule has 2 unspecified atom stereocenters. The Bertz CT molecular complexity index is 859. The smallest absolute Gasteiger partial charge is 0.417 e. The molecule has 0 radical (unpaired) electrons. The molecular formula is C19H16BrClF3NO2. The van der Waals surface area contributed by atoms with Gasteiger partial charge in [0.1, 0.15) is 6.04 Å². The first kappa shape index (κ1) is 20.2. The normalized spacial score (nSPS) is 19.2. The number of hydrogen-bond acceptors (Lipinski definition) is 2. The van der Waals surface area contributed by atoms with Crippen LogP contribution in [-0.2, 0) is 11.0 Å². The number of nitrogens with zero attached hydrogens (tertiary/aromatic N) is 1. The SMILES string of the molecule is O=C(O)C1CCCN1C(c1ccc(Cl)c(C(F)(F)F)c1)c1ccccc1Br. The highest BCUT2D eigenvalue weighted by Crippen LogP contribution is 2.41. The largest absolute Gasteiger partial charge is 0.480 e. The number of carboxylic acids is 1. The summed E-state index contributed by atoms with van der Waals surface area (Å²) in [6.07, 6.45) is -3.48. The number of carbonyl (C=O) groups is 1. The zero-order valence-corrected chi connectivity index (χ0v) is 16.4. The third kappa shape index (κ3) is 4.15. The van der Waals surface area contributed by atoms with E-state index in [4.69, 9.17) is 11.6 Å². The molecule has 1 aliphatic rings. The van der Waals surface area contributed by atoms with Gasteiger partial charge in [0, 0.05) is 11.0 Å². The van der Waals surface area contributed by atoms with Crippen LogP contribution in [0.15, 0.2) is 46.9 Å². The van der Waals surface area contributed by atoms with Crippen molar-refractivity contribution in [2.75, 3.05) is 6.54 Å². The van der Waals surface area contributed by atoms with E-state index < -0.39 is 29.8 Å². The zero-order valence-electron chi connectivity index (χ0n) is 14.0. The highest BCUT2D eigenvalue weighted by molar-refractivity contribution is 9.10. The van der Waals surface area contributed by atoms with Crippen LogP contribution in [0.1, 0.15) is 35.6 Å². The average Bonchev–Trinajstić information content (AvgIpc) is 3.07. The maximum atomic E-state index is 13.4. The van der Waals surface area contributed by atoms with Gasteiger partial charge in [-0.3, -0.25) is 9.69 Å². The first-order chi connectivity index (χ1) is 12.7. The number of rotatable bonds is 4. The van der Waals surface area contributed by atoms with E-state index in [0.29, 0.717) is 35.0 Å². The van der Waals surface area contributed by atoms with Crippen molar-refractivity contribution in [2.45, 2.75) is 31.1 Å². The van der Waals surface area contributed by atoms with E-state index in [0.717, 1.165) is 6.07 Å². The van der Waals surface area contributed by atoms with Crippen molar-refractivity contribution in [2.24, 2.45) is 0 Å². The van der Waals surface area contributed by atoms with Crippen molar-refractivity contribution >= 4 is 33.5 Å². The molecule has 0 bridgehead atoms. The molecule has 0 saturated carbocycles. The molecule has 2 aromatic rings. The van der Waals surface area contributed by atoms with Crippen LogP contribution in [0, 0.1) is 0 Å². The lowest BCUT2D eigenvalue weighted by Gasteiger charge is -2.33. The van der Waals surface area contributed by atoms with Gasteiger partial charge in [-0.1, -0.05) is 51.8 Å². The first-order valence-corrected chi connectivity index (χ1v) is 9.47. The lowest BCUT2D eigenvalue weighted by molar-refractivity contribution is -0.143. The second kappa shape index (κ2) is 7.81. The van der Waals surface area contributed by atoms with Crippen LogP contribution >= 0.6 is 27.5 Å².